The SMILES string of the molecule is COC(=O)C(C)(C)c1c2c(cc3c1OCC3)OCC2. The van der Waals surface area contributed by atoms with Gasteiger partial charge in [0.1, 0.15) is 11.5 Å². The first kappa shape index (κ1) is 12.3. The molecule has 0 saturated heterocycles. The smallest absolute Gasteiger partial charge is 0.315 e. The molecule has 0 fully saturated rings. The average molecular weight is 262 g/mol. The zero-order valence-electron chi connectivity index (χ0n) is 11.5. The molecule has 3 rings (SSSR count). The highest BCUT2D eigenvalue weighted by Crippen LogP contribution is 2.46. The number of hydrogen-bond acceptors (Lipinski definition) is 4. The summed E-state index contributed by atoms with van der Waals surface area (Å²) >= 11 is 0. The molecule has 0 amide bonds. The number of ether oxygens (including phenoxy) is 3. The van der Waals surface area contributed by atoms with Crippen LogP contribution in [0.3, 0.4) is 0 Å². The van der Waals surface area contributed by atoms with Gasteiger partial charge in [-0.2, -0.15) is 0 Å². The van der Waals surface area contributed by atoms with E-state index < -0.39 is 5.41 Å². The number of fused-ring (bicyclic) bond motifs is 2. The second-order valence-corrected chi connectivity index (χ2v) is 5.53. The summed E-state index contributed by atoms with van der Waals surface area (Å²) in [5, 5.41) is 0. The number of hydrogen-bond donors (Lipinski definition) is 0. The fourth-order valence-corrected chi connectivity index (χ4v) is 3.00. The standard InChI is InChI=1S/C15H18O4/c1-15(2,14(16)17-3)12-10-5-7-18-11(10)8-9-4-6-19-13(9)12/h8H,4-7H2,1-3H3. The normalized spacial score (nSPS) is 16.4. The number of carbonyl (C=O) groups excluding carboxylic acids is 1. The van der Waals surface area contributed by atoms with Crippen LogP contribution in [0.15, 0.2) is 6.07 Å². The van der Waals surface area contributed by atoms with E-state index in [0.29, 0.717) is 13.2 Å². The Bertz CT molecular complexity index is 513. The topological polar surface area (TPSA) is 44.8 Å². The molecule has 1 aromatic carbocycles. The van der Waals surface area contributed by atoms with Gasteiger partial charge in [0.2, 0.25) is 0 Å². The lowest BCUT2D eigenvalue weighted by Gasteiger charge is -2.26. The summed E-state index contributed by atoms with van der Waals surface area (Å²) in [7, 11) is 1.42. The van der Waals surface area contributed by atoms with E-state index in [0.717, 1.165) is 41.0 Å². The molecule has 102 valence electrons. The molecule has 2 aliphatic heterocycles. The van der Waals surface area contributed by atoms with Crippen LogP contribution in [0.1, 0.15) is 30.5 Å². The summed E-state index contributed by atoms with van der Waals surface area (Å²) in [5.74, 6) is 1.52. The van der Waals surface area contributed by atoms with Crippen LogP contribution in [0, 0.1) is 0 Å². The van der Waals surface area contributed by atoms with E-state index in [4.69, 9.17) is 14.2 Å². The number of benzene rings is 1. The van der Waals surface area contributed by atoms with Gasteiger partial charge in [-0.1, -0.05) is 0 Å². The minimum atomic E-state index is -0.720. The van der Waals surface area contributed by atoms with Crippen LogP contribution in [-0.2, 0) is 27.8 Å². The van der Waals surface area contributed by atoms with Crippen molar-refractivity contribution in [3.63, 3.8) is 0 Å². The molecule has 0 spiro atoms. The zero-order chi connectivity index (χ0) is 13.6. The number of carbonyl (C=O) groups is 1. The predicted octanol–water partition coefficient (Wildman–Crippen LogP) is 2.01. The van der Waals surface area contributed by atoms with E-state index in [9.17, 15) is 4.79 Å². The van der Waals surface area contributed by atoms with Crippen molar-refractivity contribution in [2.24, 2.45) is 0 Å². The van der Waals surface area contributed by atoms with Crippen LogP contribution in [0.4, 0.5) is 0 Å². The lowest BCUT2D eigenvalue weighted by atomic mass is 9.79. The van der Waals surface area contributed by atoms with Gasteiger partial charge >= 0.3 is 5.97 Å². The van der Waals surface area contributed by atoms with Gasteiger partial charge in [-0.25, -0.2) is 0 Å². The van der Waals surface area contributed by atoms with E-state index in [2.05, 4.69) is 6.07 Å². The van der Waals surface area contributed by atoms with Crippen molar-refractivity contribution in [2.75, 3.05) is 20.3 Å². The molecule has 2 aliphatic rings. The summed E-state index contributed by atoms with van der Waals surface area (Å²) in [6.07, 6.45) is 1.69. The van der Waals surface area contributed by atoms with Crippen LogP contribution in [0.25, 0.3) is 0 Å². The summed E-state index contributed by atoms with van der Waals surface area (Å²) in [4.78, 5) is 12.1. The fourth-order valence-electron chi connectivity index (χ4n) is 3.00. The minimum absolute atomic E-state index is 0.245. The summed E-state index contributed by atoms with van der Waals surface area (Å²) < 4.78 is 16.4. The number of rotatable bonds is 2. The molecule has 0 saturated carbocycles. The molecule has 0 aromatic heterocycles. The van der Waals surface area contributed by atoms with Gasteiger partial charge in [-0.3, -0.25) is 4.79 Å². The van der Waals surface area contributed by atoms with Crippen molar-refractivity contribution in [1.82, 2.24) is 0 Å². The summed E-state index contributed by atoms with van der Waals surface area (Å²) in [5.41, 5.74) is 2.45. The average Bonchev–Trinajstić information content (AvgIpc) is 3.01. The summed E-state index contributed by atoms with van der Waals surface area (Å²) in [6, 6.07) is 2.06. The zero-order valence-corrected chi connectivity index (χ0v) is 11.5. The molecule has 0 bridgehead atoms. The van der Waals surface area contributed by atoms with Gasteiger partial charge in [0.25, 0.3) is 0 Å². The molecule has 4 heteroatoms. The molecule has 19 heavy (non-hydrogen) atoms. The maximum absolute atomic E-state index is 12.1. The van der Waals surface area contributed by atoms with Crippen LogP contribution >= 0.6 is 0 Å². The third-order valence-electron chi connectivity index (χ3n) is 3.97. The van der Waals surface area contributed by atoms with Gasteiger partial charge in [-0.05, 0) is 19.9 Å². The lowest BCUT2D eigenvalue weighted by molar-refractivity contribution is -0.146. The molecule has 1 aromatic rings. The third-order valence-corrected chi connectivity index (χ3v) is 3.97. The van der Waals surface area contributed by atoms with E-state index in [1.54, 1.807) is 0 Å². The van der Waals surface area contributed by atoms with Crippen molar-refractivity contribution < 1.29 is 19.0 Å². The number of esters is 1. The second kappa shape index (κ2) is 4.15. The Morgan fingerprint density at radius 3 is 2.74 bits per heavy atom. The fraction of sp³-hybridized carbons (Fsp3) is 0.533. The Kier molecular flexibility index (Phi) is 2.69. The molecule has 0 N–H and O–H groups in total. The van der Waals surface area contributed by atoms with Crippen molar-refractivity contribution in [3.05, 3.63) is 22.8 Å². The van der Waals surface area contributed by atoms with Gasteiger partial charge < -0.3 is 14.2 Å². The van der Waals surface area contributed by atoms with E-state index in [1.165, 1.54) is 7.11 Å². The highest BCUT2D eigenvalue weighted by molar-refractivity contribution is 5.85. The Hall–Kier alpha value is -1.71. The van der Waals surface area contributed by atoms with Crippen molar-refractivity contribution in [2.45, 2.75) is 32.1 Å². The van der Waals surface area contributed by atoms with Gasteiger partial charge in [-0.15, -0.1) is 0 Å². The number of methoxy groups -OCH3 is 1. The first-order valence-corrected chi connectivity index (χ1v) is 6.59. The van der Waals surface area contributed by atoms with Gasteiger partial charge in [0.15, 0.2) is 0 Å². The Morgan fingerprint density at radius 1 is 1.26 bits per heavy atom. The maximum Gasteiger partial charge on any atom is 0.315 e. The Morgan fingerprint density at radius 2 is 2.00 bits per heavy atom. The van der Waals surface area contributed by atoms with Gasteiger partial charge in [0, 0.05) is 29.5 Å². The molecule has 2 heterocycles. The van der Waals surface area contributed by atoms with Crippen LogP contribution in [-0.4, -0.2) is 26.3 Å². The maximum atomic E-state index is 12.1. The highest BCUT2D eigenvalue weighted by atomic mass is 16.5. The first-order chi connectivity index (χ1) is 9.05. The monoisotopic (exact) mass is 262 g/mol. The van der Waals surface area contributed by atoms with Crippen molar-refractivity contribution in [3.8, 4) is 11.5 Å². The van der Waals surface area contributed by atoms with E-state index in [-0.39, 0.29) is 5.97 Å². The largest absolute Gasteiger partial charge is 0.493 e. The molecule has 0 aliphatic carbocycles. The lowest BCUT2D eigenvalue weighted by Crippen LogP contribution is -2.31. The summed E-state index contributed by atoms with van der Waals surface area (Å²) in [6.45, 7) is 5.11. The second-order valence-electron chi connectivity index (χ2n) is 5.53. The van der Waals surface area contributed by atoms with E-state index in [1.807, 2.05) is 13.8 Å². The van der Waals surface area contributed by atoms with Gasteiger partial charge in [0.05, 0.1) is 25.7 Å². The first-order valence-electron chi connectivity index (χ1n) is 6.59. The van der Waals surface area contributed by atoms with Crippen LogP contribution < -0.4 is 9.47 Å². The molecule has 0 radical (unpaired) electrons. The Balaban J connectivity index is 2.23. The molecule has 0 atom stereocenters. The molecular formula is C15H18O4. The molecular weight excluding hydrogens is 244 g/mol. The minimum Gasteiger partial charge on any atom is -0.493 e. The highest BCUT2D eigenvalue weighted by Gasteiger charge is 2.40. The third kappa shape index (κ3) is 1.70. The van der Waals surface area contributed by atoms with Crippen LogP contribution in [0.2, 0.25) is 0 Å². The molecule has 4 nitrogen and oxygen atoms in total. The molecule has 0 unspecified atom stereocenters. The Labute approximate surface area is 112 Å². The quantitative estimate of drug-likeness (QED) is 0.765. The predicted molar refractivity (Wildman–Crippen MR) is 69.9 cm³/mol. The van der Waals surface area contributed by atoms with Crippen LogP contribution in [0.5, 0.6) is 11.5 Å². The van der Waals surface area contributed by atoms with Crippen molar-refractivity contribution >= 4 is 5.97 Å². The van der Waals surface area contributed by atoms with Crippen molar-refractivity contribution in [1.29, 1.82) is 0 Å². The van der Waals surface area contributed by atoms with E-state index >= 15 is 0 Å².